The third-order valence-electron chi connectivity index (χ3n) is 3.69. The molecule has 0 fully saturated rings. The van der Waals surface area contributed by atoms with Gasteiger partial charge in [0.1, 0.15) is 11.5 Å². The average molecular weight is 322 g/mol. The lowest BCUT2D eigenvalue weighted by Gasteiger charge is -2.15. The zero-order chi connectivity index (χ0) is 17.1. The molecule has 6 heteroatoms. The zero-order valence-electron chi connectivity index (χ0n) is 13.6. The van der Waals surface area contributed by atoms with Crippen LogP contribution in [0.15, 0.2) is 41.5 Å². The van der Waals surface area contributed by atoms with Gasteiger partial charge in [-0.3, -0.25) is 9.59 Å². The number of aromatic nitrogens is 3. The average Bonchev–Trinajstić information content (AvgIpc) is 2.56. The first-order chi connectivity index (χ1) is 11.5. The predicted octanol–water partition coefficient (Wildman–Crippen LogP) is 2.51. The van der Waals surface area contributed by atoms with E-state index >= 15 is 0 Å². The summed E-state index contributed by atoms with van der Waals surface area (Å²) in [5, 5.41) is 3.70. The molecule has 1 aliphatic heterocycles. The van der Waals surface area contributed by atoms with Crippen LogP contribution in [0.2, 0.25) is 0 Å². The molecule has 0 aromatic carbocycles. The molecule has 4 rings (SSSR count). The van der Waals surface area contributed by atoms with Crippen LogP contribution in [0.3, 0.4) is 0 Å². The van der Waals surface area contributed by atoms with Crippen molar-refractivity contribution in [1.82, 2.24) is 15.0 Å². The maximum Gasteiger partial charge on any atom is 0.249 e. The Morgan fingerprint density at radius 1 is 0.958 bits per heavy atom. The van der Waals surface area contributed by atoms with Gasteiger partial charge in [0.05, 0.1) is 0 Å². The number of anilines is 1. The van der Waals surface area contributed by atoms with Gasteiger partial charge < -0.3 is 10.3 Å². The van der Waals surface area contributed by atoms with Crippen molar-refractivity contribution in [1.29, 1.82) is 0 Å². The summed E-state index contributed by atoms with van der Waals surface area (Å²) in [5.41, 5.74) is 3.92. The second-order valence-electron chi connectivity index (χ2n) is 5.84. The lowest BCUT2D eigenvalue weighted by atomic mass is 10.1. The largest absolute Gasteiger partial charge is 0.310 e. The first kappa shape index (κ1) is 15.9. The molecule has 1 aliphatic rings. The summed E-state index contributed by atoms with van der Waals surface area (Å²) in [6, 6.07) is 7.33. The third kappa shape index (κ3) is 3.65. The highest BCUT2D eigenvalue weighted by Crippen LogP contribution is 2.20. The molecule has 0 bridgehead atoms. The normalized spacial score (nSPS) is 12.8. The van der Waals surface area contributed by atoms with Gasteiger partial charge in [-0.25, -0.2) is 9.97 Å². The maximum atomic E-state index is 11.0. The van der Waals surface area contributed by atoms with Crippen LogP contribution < -0.4 is 10.9 Å². The summed E-state index contributed by atoms with van der Waals surface area (Å²) < 4.78 is 0. The van der Waals surface area contributed by atoms with E-state index in [-0.39, 0.29) is 11.5 Å². The Labute approximate surface area is 139 Å². The van der Waals surface area contributed by atoms with Crippen LogP contribution in [-0.4, -0.2) is 20.9 Å². The molecule has 0 radical (unpaired) electrons. The monoisotopic (exact) mass is 322 g/mol. The number of fused-ring (bicyclic) bond motifs is 2. The predicted molar refractivity (Wildman–Crippen MR) is 93.0 cm³/mol. The molecule has 3 aromatic rings. The van der Waals surface area contributed by atoms with E-state index in [0.717, 1.165) is 34.3 Å². The maximum absolute atomic E-state index is 11.0. The number of hydrogen-bond donors (Lipinski definition) is 2. The van der Waals surface area contributed by atoms with Gasteiger partial charge in [0.15, 0.2) is 0 Å². The number of hydrogen-bond acceptors (Lipinski definition) is 4. The highest BCUT2D eigenvalue weighted by Gasteiger charge is 2.14. The summed E-state index contributed by atoms with van der Waals surface area (Å²) in [7, 11) is 0. The van der Waals surface area contributed by atoms with Crippen LogP contribution >= 0.6 is 0 Å². The minimum Gasteiger partial charge on any atom is -0.310 e. The Bertz CT molecular complexity index is 963. The Kier molecular flexibility index (Phi) is 4.37. The molecule has 24 heavy (non-hydrogen) atoms. The quantitative estimate of drug-likeness (QED) is 0.665. The summed E-state index contributed by atoms with van der Waals surface area (Å²) in [6.45, 7) is 3.97. The Morgan fingerprint density at radius 3 is 2.54 bits per heavy atom. The van der Waals surface area contributed by atoms with Crippen LogP contribution in [0.4, 0.5) is 5.82 Å². The molecule has 0 unspecified atom stereocenters. The molecule has 6 nitrogen and oxygen atoms in total. The number of carbonyl (C=O) groups excluding carboxylic acids is 1. The van der Waals surface area contributed by atoms with E-state index in [1.807, 2.05) is 19.9 Å². The lowest BCUT2D eigenvalue weighted by molar-refractivity contribution is -0.116. The van der Waals surface area contributed by atoms with Crippen LogP contribution in [0, 0.1) is 13.8 Å². The van der Waals surface area contributed by atoms with Crippen molar-refractivity contribution in [2.24, 2.45) is 0 Å². The first-order valence-corrected chi connectivity index (χ1v) is 7.72. The van der Waals surface area contributed by atoms with Crippen LogP contribution in [0.5, 0.6) is 0 Å². The van der Waals surface area contributed by atoms with E-state index in [0.29, 0.717) is 12.1 Å². The minimum atomic E-state index is -0.112. The SMILES string of the molecule is Cc1cnc2[nH]c(=O)ccc2c1.Cc1cnc2c(c1)CCC(=O)N2. The first-order valence-electron chi connectivity index (χ1n) is 7.72. The summed E-state index contributed by atoms with van der Waals surface area (Å²) in [5.74, 6) is 0.802. The summed E-state index contributed by atoms with van der Waals surface area (Å²) >= 11 is 0. The van der Waals surface area contributed by atoms with Crippen molar-refractivity contribution in [3.05, 3.63) is 63.7 Å². The van der Waals surface area contributed by atoms with Gasteiger partial charge in [-0.1, -0.05) is 6.07 Å². The molecule has 3 aromatic heterocycles. The molecule has 0 atom stereocenters. The second kappa shape index (κ2) is 6.62. The van der Waals surface area contributed by atoms with Crippen molar-refractivity contribution in [2.45, 2.75) is 26.7 Å². The lowest BCUT2D eigenvalue weighted by Crippen LogP contribution is -2.20. The van der Waals surface area contributed by atoms with Crippen molar-refractivity contribution in [3.63, 3.8) is 0 Å². The van der Waals surface area contributed by atoms with Gasteiger partial charge in [0, 0.05) is 30.3 Å². The highest BCUT2D eigenvalue weighted by molar-refractivity contribution is 5.92. The molecular formula is C18H18N4O2. The number of pyridine rings is 3. The molecule has 4 heterocycles. The van der Waals surface area contributed by atoms with Gasteiger partial charge in [-0.2, -0.15) is 0 Å². The number of amides is 1. The van der Waals surface area contributed by atoms with E-state index in [4.69, 9.17) is 0 Å². The molecule has 0 saturated heterocycles. The fourth-order valence-corrected chi connectivity index (χ4v) is 2.52. The molecule has 2 N–H and O–H groups in total. The van der Waals surface area contributed by atoms with Crippen LogP contribution in [0.1, 0.15) is 23.1 Å². The minimum absolute atomic E-state index is 0.0684. The smallest absolute Gasteiger partial charge is 0.249 e. The van der Waals surface area contributed by atoms with E-state index in [1.54, 1.807) is 18.5 Å². The fourth-order valence-electron chi connectivity index (χ4n) is 2.52. The number of nitrogens with zero attached hydrogens (tertiary/aromatic N) is 2. The van der Waals surface area contributed by atoms with E-state index in [2.05, 4.69) is 26.3 Å². The standard InChI is InChI=1S/C9H10N2O.C9H8N2O/c2*1-6-4-7-2-3-8(12)11-9(7)10-5-6/h4-5H,2-3H2,1H3,(H,10,11,12);2-5H,1H3,(H,10,11,12). The van der Waals surface area contributed by atoms with Gasteiger partial charge in [0.2, 0.25) is 11.5 Å². The van der Waals surface area contributed by atoms with Crippen molar-refractivity contribution < 1.29 is 4.79 Å². The number of aromatic amines is 1. The number of rotatable bonds is 0. The van der Waals surface area contributed by atoms with E-state index < -0.39 is 0 Å². The molecule has 1 amide bonds. The number of H-pyrrole nitrogens is 1. The molecule has 0 spiro atoms. The Balaban J connectivity index is 0.000000141. The highest BCUT2D eigenvalue weighted by atomic mass is 16.1. The van der Waals surface area contributed by atoms with Gasteiger partial charge >= 0.3 is 0 Å². The van der Waals surface area contributed by atoms with Crippen molar-refractivity contribution >= 4 is 22.8 Å². The zero-order valence-corrected chi connectivity index (χ0v) is 13.6. The number of carbonyl (C=O) groups is 1. The Morgan fingerprint density at radius 2 is 1.71 bits per heavy atom. The molecule has 0 aliphatic carbocycles. The fraction of sp³-hybridized carbons (Fsp3) is 0.222. The van der Waals surface area contributed by atoms with Gasteiger partial charge in [-0.05, 0) is 49.1 Å². The Hall–Kier alpha value is -3.02. The number of aryl methyl sites for hydroxylation is 3. The third-order valence-corrected chi connectivity index (χ3v) is 3.69. The van der Waals surface area contributed by atoms with Crippen molar-refractivity contribution in [3.8, 4) is 0 Å². The van der Waals surface area contributed by atoms with Crippen LogP contribution in [0.25, 0.3) is 11.0 Å². The van der Waals surface area contributed by atoms with E-state index in [1.165, 1.54) is 6.07 Å². The molecular weight excluding hydrogens is 304 g/mol. The molecule has 122 valence electrons. The topological polar surface area (TPSA) is 87.7 Å². The van der Waals surface area contributed by atoms with Gasteiger partial charge in [-0.15, -0.1) is 0 Å². The van der Waals surface area contributed by atoms with Crippen LogP contribution in [-0.2, 0) is 11.2 Å². The summed E-state index contributed by atoms with van der Waals surface area (Å²) in [4.78, 5) is 32.7. The van der Waals surface area contributed by atoms with Crippen molar-refractivity contribution in [2.75, 3.05) is 5.32 Å². The van der Waals surface area contributed by atoms with Gasteiger partial charge in [0.25, 0.3) is 0 Å². The molecule has 0 saturated carbocycles. The number of nitrogens with one attached hydrogen (secondary N) is 2. The summed E-state index contributed by atoms with van der Waals surface area (Å²) in [6.07, 6.45) is 4.90. The van der Waals surface area contributed by atoms with E-state index in [9.17, 15) is 9.59 Å². The second-order valence-corrected chi connectivity index (χ2v) is 5.84.